The van der Waals surface area contributed by atoms with Gasteiger partial charge in [-0.15, -0.1) is 0 Å². The largest absolute Gasteiger partial charge is 0.306 e. The zero-order valence-corrected chi connectivity index (χ0v) is 10.2. The van der Waals surface area contributed by atoms with Gasteiger partial charge < -0.3 is 4.40 Å². The molecule has 0 aromatic carbocycles. The van der Waals surface area contributed by atoms with Gasteiger partial charge in [0.25, 0.3) is 0 Å². The van der Waals surface area contributed by atoms with Crippen molar-refractivity contribution < 1.29 is 4.79 Å². The number of carbonyl (C=O) groups is 1. The molecular weight excluding hydrogens is 228 g/mol. The lowest BCUT2D eigenvalue weighted by molar-refractivity contribution is 0.112. The highest BCUT2D eigenvalue weighted by Gasteiger charge is 2.10. The van der Waals surface area contributed by atoms with Crippen LogP contribution in [0.25, 0.3) is 16.9 Å². The molecular formula is C13H12N4O. The molecule has 0 radical (unpaired) electrons. The fourth-order valence-electron chi connectivity index (χ4n) is 1.95. The monoisotopic (exact) mass is 240 g/mol. The average Bonchev–Trinajstić information content (AvgIpc) is 2.93. The van der Waals surface area contributed by atoms with Crippen molar-refractivity contribution in [2.75, 3.05) is 0 Å². The minimum absolute atomic E-state index is 0.627. The zero-order chi connectivity index (χ0) is 12.7. The molecule has 0 aliphatic carbocycles. The molecule has 0 unspecified atom stereocenters. The Balaban J connectivity index is 2.19. The van der Waals surface area contributed by atoms with E-state index in [0.717, 1.165) is 28.9 Å². The van der Waals surface area contributed by atoms with E-state index in [1.165, 1.54) is 0 Å². The van der Waals surface area contributed by atoms with Gasteiger partial charge in [0.1, 0.15) is 11.9 Å². The van der Waals surface area contributed by atoms with Crippen molar-refractivity contribution in [1.29, 1.82) is 0 Å². The summed E-state index contributed by atoms with van der Waals surface area (Å²) in [4.78, 5) is 15.3. The molecule has 0 fully saturated rings. The van der Waals surface area contributed by atoms with Crippen LogP contribution in [-0.2, 0) is 7.05 Å². The third-order valence-corrected chi connectivity index (χ3v) is 3.13. The minimum atomic E-state index is 0.627. The number of nitrogens with zero attached hydrogens (tertiary/aromatic N) is 4. The van der Waals surface area contributed by atoms with Crippen LogP contribution in [0.4, 0.5) is 0 Å². The van der Waals surface area contributed by atoms with Crippen molar-refractivity contribution >= 4 is 11.9 Å². The maximum absolute atomic E-state index is 10.7. The van der Waals surface area contributed by atoms with Crippen molar-refractivity contribution in [3.63, 3.8) is 0 Å². The highest BCUT2D eigenvalue weighted by atomic mass is 16.1. The molecule has 3 aromatic heterocycles. The van der Waals surface area contributed by atoms with E-state index < -0.39 is 0 Å². The number of rotatable bonds is 2. The number of pyridine rings is 1. The topological polar surface area (TPSA) is 52.2 Å². The number of fused-ring (bicyclic) bond motifs is 1. The first kappa shape index (κ1) is 10.7. The van der Waals surface area contributed by atoms with Crippen molar-refractivity contribution in [2.24, 2.45) is 7.05 Å². The molecule has 0 bridgehead atoms. The van der Waals surface area contributed by atoms with Crippen LogP contribution in [0.1, 0.15) is 16.1 Å². The molecule has 3 aromatic rings. The molecule has 90 valence electrons. The number of aldehydes is 1. The molecule has 5 nitrogen and oxygen atoms in total. The Kier molecular flexibility index (Phi) is 2.26. The summed E-state index contributed by atoms with van der Waals surface area (Å²) in [5.74, 6) is 0. The second kappa shape index (κ2) is 3.80. The quantitative estimate of drug-likeness (QED) is 0.642. The molecule has 0 atom stereocenters. The Hall–Kier alpha value is -2.43. The molecule has 0 N–H and O–H groups in total. The van der Waals surface area contributed by atoms with Crippen molar-refractivity contribution in [3.8, 4) is 11.3 Å². The van der Waals surface area contributed by atoms with Gasteiger partial charge in [-0.25, -0.2) is 4.98 Å². The van der Waals surface area contributed by atoms with E-state index in [4.69, 9.17) is 0 Å². The molecule has 0 amide bonds. The highest BCUT2D eigenvalue weighted by molar-refractivity contribution is 5.77. The van der Waals surface area contributed by atoms with Crippen LogP contribution < -0.4 is 0 Å². The van der Waals surface area contributed by atoms with Crippen molar-refractivity contribution in [2.45, 2.75) is 6.92 Å². The molecule has 0 spiro atoms. The van der Waals surface area contributed by atoms with Crippen LogP contribution in [0.15, 0.2) is 30.7 Å². The molecule has 18 heavy (non-hydrogen) atoms. The van der Waals surface area contributed by atoms with Gasteiger partial charge in [0.15, 0.2) is 0 Å². The molecule has 0 aliphatic heterocycles. The molecule has 3 rings (SSSR count). The predicted octanol–water partition coefficient (Wildman–Crippen LogP) is 1.86. The SMILES string of the molecule is Cc1c(-c2cn3ccc(C=O)cc3n2)cnn1C. The fourth-order valence-corrected chi connectivity index (χ4v) is 1.95. The third-order valence-electron chi connectivity index (χ3n) is 3.13. The van der Waals surface area contributed by atoms with Gasteiger partial charge in [0, 0.05) is 36.3 Å². The van der Waals surface area contributed by atoms with Gasteiger partial charge in [0.2, 0.25) is 0 Å². The van der Waals surface area contributed by atoms with Crippen molar-refractivity contribution in [1.82, 2.24) is 19.2 Å². The maximum atomic E-state index is 10.7. The summed E-state index contributed by atoms with van der Waals surface area (Å²) in [7, 11) is 1.90. The average molecular weight is 240 g/mol. The number of imidazole rings is 1. The maximum Gasteiger partial charge on any atom is 0.150 e. The second-order valence-electron chi connectivity index (χ2n) is 4.24. The van der Waals surface area contributed by atoms with Gasteiger partial charge in [-0.1, -0.05) is 0 Å². The predicted molar refractivity (Wildman–Crippen MR) is 67.5 cm³/mol. The fraction of sp³-hybridized carbons (Fsp3) is 0.154. The molecule has 5 heteroatoms. The van der Waals surface area contributed by atoms with Crippen LogP contribution in [0.5, 0.6) is 0 Å². The summed E-state index contributed by atoms with van der Waals surface area (Å²) < 4.78 is 3.71. The van der Waals surface area contributed by atoms with E-state index in [1.807, 2.05) is 35.4 Å². The normalized spacial score (nSPS) is 11.0. The van der Waals surface area contributed by atoms with Gasteiger partial charge in [-0.2, -0.15) is 5.10 Å². The van der Waals surface area contributed by atoms with Gasteiger partial charge in [-0.05, 0) is 19.1 Å². The number of hydrogen-bond donors (Lipinski definition) is 0. The molecule has 0 saturated heterocycles. The smallest absolute Gasteiger partial charge is 0.150 e. The highest BCUT2D eigenvalue weighted by Crippen LogP contribution is 2.22. The Morgan fingerprint density at radius 3 is 2.89 bits per heavy atom. The van der Waals surface area contributed by atoms with Gasteiger partial charge >= 0.3 is 0 Å². The molecule has 0 aliphatic rings. The summed E-state index contributed by atoms with van der Waals surface area (Å²) >= 11 is 0. The van der Waals surface area contributed by atoms with E-state index in [2.05, 4.69) is 10.1 Å². The number of hydrogen-bond acceptors (Lipinski definition) is 3. The van der Waals surface area contributed by atoms with E-state index in [0.29, 0.717) is 5.56 Å². The van der Waals surface area contributed by atoms with Gasteiger partial charge in [0.05, 0.1) is 11.9 Å². The first-order valence-electron chi connectivity index (χ1n) is 5.62. The first-order chi connectivity index (χ1) is 8.69. The van der Waals surface area contributed by atoms with Crippen molar-refractivity contribution in [3.05, 3.63) is 42.0 Å². The van der Waals surface area contributed by atoms with Crippen LogP contribution in [0.3, 0.4) is 0 Å². The lowest BCUT2D eigenvalue weighted by atomic mass is 10.2. The number of carbonyl (C=O) groups excluding carboxylic acids is 1. The molecule has 3 heterocycles. The van der Waals surface area contributed by atoms with E-state index in [9.17, 15) is 4.79 Å². The van der Waals surface area contributed by atoms with E-state index in [1.54, 1.807) is 18.3 Å². The Bertz CT molecular complexity index is 739. The Labute approximate surface area is 104 Å². The second-order valence-corrected chi connectivity index (χ2v) is 4.24. The standard InChI is InChI=1S/C13H12N4O/c1-9-11(6-14-16(9)2)12-7-17-4-3-10(8-18)5-13(17)15-12/h3-8H,1-2H3. The molecule has 0 saturated carbocycles. The lowest BCUT2D eigenvalue weighted by Gasteiger charge is -1.95. The number of aromatic nitrogens is 4. The third kappa shape index (κ3) is 1.52. The summed E-state index contributed by atoms with van der Waals surface area (Å²) in [5.41, 5.74) is 4.33. The number of aryl methyl sites for hydroxylation is 1. The Morgan fingerprint density at radius 1 is 1.39 bits per heavy atom. The van der Waals surface area contributed by atoms with E-state index in [-0.39, 0.29) is 0 Å². The van der Waals surface area contributed by atoms with E-state index >= 15 is 0 Å². The van der Waals surface area contributed by atoms with Crippen LogP contribution in [0.2, 0.25) is 0 Å². The summed E-state index contributed by atoms with van der Waals surface area (Å²) in [6, 6.07) is 3.53. The minimum Gasteiger partial charge on any atom is -0.306 e. The summed E-state index contributed by atoms with van der Waals surface area (Å²) in [6.07, 6.45) is 6.40. The van der Waals surface area contributed by atoms with Crippen LogP contribution in [-0.4, -0.2) is 25.5 Å². The summed E-state index contributed by atoms with van der Waals surface area (Å²) in [6.45, 7) is 2.00. The van der Waals surface area contributed by atoms with Crippen LogP contribution >= 0.6 is 0 Å². The first-order valence-corrected chi connectivity index (χ1v) is 5.62. The van der Waals surface area contributed by atoms with Crippen LogP contribution in [0, 0.1) is 6.92 Å². The lowest BCUT2D eigenvalue weighted by Crippen LogP contribution is -1.92. The summed E-state index contributed by atoms with van der Waals surface area (Å²) in [5, 5.41) is 4.21. The Morgan fingerprint density at radius 2 is 2.22 bits per heavy atom. The zero-order valence-electron chi connectivity index (χ0n) is 10.2. The van der Waals surface area contributed by atoms with Gasteiger partial charge in [-0.3, -0.25) is 9.48 Å².